The van der Waals surface area contributed by atoms with Gasteiger partial charge in [0.25, 0.3) is 10.1 Å². The second kappa shape index (κ2) is 5.01. The molecule has 0 aliphatic rings. The first-order valence-corrected chi connectivity index (χ1v) is 4.76. The predicted molar refractivity (Wildman–Crippen MR) is 38.4 cm³/mol. The molecule has 11 heavy (non-hydrogen) atoms. The Kier molecular flexibility index (Phi) is 4.69. The standard InChI is InChI=1S/C5H9NO4S/c1-11(8,9)10-4-2-3-6-5-7/h2-4H2,1H3. The molecule has 0 N–H and O–H groups in total. The van der Waals surface area contributed by atoms with Crippen LogP contribution in [-0.2, 0) is 19.1 Å². The summed E-state index contributed by atoms with van der Waals surface area (Å²) in [5.41, 5.74) is 0. The van der Waals surface area contributed by atoms with Gasteiger partial charge in [-0.15, -0.1) is 0 Å². The third-order valence-electron chi connectivity index (χ3n) is 0.776. The molecule has 0 amide bonds. The van der Waals surface area contributed by atoms with E-state index in [9.17, 15) is 13.2 Å². The summed E-state index contributed by atoms with van der Waals surface area (Å²) in [6.07, 6.45) is 2.71. The fraction of sp³-hybridized carbons (Fsp3) is 0.800. The minimum atomic E-state index is -3.35. The van der Waals surface area contributed by atoms with Gasteiger partial charge in [-0.3, -0.25) is 4.18 Å². The van der Waals surface area contributed by atoms with Crippen LogP contribution in [0.2, 0.25) is 0 Å². The van der Waals surface area contributed by atoms with Gasteiger partial charge in [-0.05, 0) is 6.42 Å². The van der Waals surface area contributed by atoms with E-state index < -0.39 is 10.1 Å². The lowest BCUT2D eigenvalue weighted by Gasteiger charge is -1.96. The normalized spacial score (nSPS) is 10.6. The lowest BCUT2D eigenvalue weighted by molar-refractivity contribution is 0.318. The van der Waals surface area contributed by atoms with Gasteiger partial charge in [0, 0.05) is 0 Å². The molecule has 0 saturated carbocycles. The summed E-state index contributed by atoms with van der Waals surface area (Å²) < 4.78 is 25.0. The summed E-state index contributed by atoms with van der Waals surface area (Å²) in [4.78, 5) is 12.7. The molecule has 0 aromatic carbocycles. The van der Waals surface area contributed by atoms with Gasteiger partial charge in [0.15, 0.2) is 0 Å². The topological polar surface area (TPSA) is 72.8 Å². The van der Waals surface area contributed by atoms with Crippen molar-refractivity contribution in [3.05, 3.63) is 0 Å². The molecule has 64 valence electrons. The van der Waals surface area contributed by atoms with Crippen molar-refractivity contribution in [2.45, 2.75) is 6.42 Å². The molecule has 0 bridgehead atoms. The van der Waals surface area contributed by atoms with Crippen LogP contribution in [-0.4, -0.2) is 33.9 Å². The average molecular weight is 179 g/mol. The molecule has 0 radical (unpaired) electrons. The van der Waals surface area contributed by atoms with E-state index in [1.54, 1.807) is 0 Å². The van der Waals surface area contributed by atoms with Crippen LogP contribution in [0.15, 0.2) is 4.99 Å². The zero-order valence-corrected chi connectivity index (χ0v) is 6.93. The van der Waals surface area contributed by atoms with Gasteiger partial charge in [0.05, 0.1) is 19.4 Å². The van der Waals surface area contributed by atoms with Crippen LogP contribution < -0.4 is 0 Å². The monoisotopic (exact) mass is 179 g/mol. The first-order valence-electron chi connectivity index (χ1n) is 2.94. The maximum absolute atomic E-state index is 10.3. The highest BCUT2D eigenvalue weighted by Gasteiger charge is 1.98. The minimum absolute atomic E-state index is 0.0595. The van der Waals surface area contributed by atoms with Crippen molar-refractivity contribution < 1.29 is 17.4 Å². The van der Waals surface area contributed by atoms with Crippen molar-refractivity contribution in [3.8, 4) is 0 Å². The van der Waals surface area contributed by atoms with Gasteiger partial charge >= 0.3 is 0 Å². The Bertz CT molecular complexity index is 239. The van der Waals surface area contributed by atoms with E-state index in [0.29, 0.717) is 6.42 Å². The maximum Gasteiger partial charge on any atom is 0.264 e. The molecule has 0 aliphatic carbocycles. The van der Waals surface area contributed by atoms with Crippen molar-refractivity contribution in [1.82, 2.24) is 0 Å². The molecule has 0 unspecified atom stereocenters. The van der Waals surface area contributed by atoms with Crippen LogP contribution in [0, 0.1) is 0 Å². The molecule has 0 aromatic rings. The number of nitrogens with zero attached hydrogens (tertiary/aromatic N) is 1. The van der Waals surface area contributed by atoms with E-state index in [4.69, 9.17) is 0 Å². The van der Waals surface area contributed by atoms with Crippen molar-refractivity contribution in [3.63, 3.8) is 0 Å². The summed E-state index contributed by atoms with van der Waals surface area (Å²) in [5, 5.41) is 0. The van der Waals surface area contributed by atoms with Crippen molar-refractivity contribution >= 4 is 16.2 Å². The molecule has 6 heteroatoms. The van der Waals surface area contributed by atoms with Crippen LogP contribution in [0.5, 0.6) is 0 Å². The number of hydrogen-bond donors (Lipinski definition) is 0. The number of rotatable bonds is 5. The summed E-state index contributed by atoms with van der Waals surface area (Å²) in [7, 11) is -3.35. The van der Waals surface area contributed by atoms with Crippen molar-refractivity contribution in [2.75, 3.05) is 19.4 Å². The highest BCUT2D eigenvalue weighted by molar-refractivity contribution is 7.85. The van der Waals surface area contributed by atoms with Crippen LogP contribution in [0.4, 0.5) is 0 Å². The smallest absolute Gasteiger partial charge is 0.264 e. The molecule has 0 fully saturated rings. The Morgan fingerprint density at radius 3 is 2.64 bits per heavy atom. The van der Waals surface area contributed by atoms with E-state index in [2.05, 4.69) is 9.18 Å². The number of aliphatic imine (C=N–C) groups is 1. The number of hydrogen-bond acceptors (Lipinski definition) is 5. The molecular formula is C5H9NO4S. The fourth-order valence-electron chi connectivity index (χ4n) is 0.400. The minimum Gasteiger partial charge on any atom is -0.270 e. The molecule has 0 saturated heterocycles. The SMILES string of the molecule is CS(=O)(=O)OCCCN=C=O. The highest BCUT2D eigenvalue weighted by Crippen LogP contribution is 1.89. The zero-order chi connectivity index (χ0) is 8.74. The van der Waals surface area contributed by atoms with Gasteiger partial charge in [0.1, 0.15) is 0 Å². The summed E-state index contributed by atoms with van der Waals surface area (Å²) >= 11 is 0. The first-order chi connectivity index (χ1) is 5.06. The Morgan fingerprint density at radius 2 is 2.18 bits per heavy atom. The molecule has 0 atom stereocenters. The second-order valence-corrected chi connectivity index (χ2v) is 3.50. The summed E-state index contributed by atoms with van der Waals surface area (Å²) in [6.45, 7) is 0.309. The van der Waals surface area contributed by atoms with Gasteiger partial charge in [-0.1, -0.05) is 0 Å². The van der Waals surface area contributed by atoms with Crippen molar-refractivity contribution in [1.29, 1.82) is 0 Å². The fourth-order valence-corrected chi connectivity index (χ4v) is 0.820. The lowest BCUT2D eigenvalue weighted by Crippen LogP contribution is -2.04. The Balaban J connectivity index is 3.36. The average Bonchev–Trinajstić information content (AvgIpc) is 1.85. The Morgan fingerprint density at radius 1 is 1.55 bits per heavy atom. The number of isocyanates is 1. The van der Waals surface area contributed by atoms with Crippen LogP contribution in [0.25, 0.3) is 0 Å². The highest BCUT2D eigenvalue weighted by atomic mass is 32.2. The maximum atomic E-state index is 10.3. The second-order valence-electron chi connectivity index (χ2n) is 1.85. The Hall–Kier alpha value is -0.710. The number of carbonyl (C=O) groups excluding carboxylic acids is 1. The molecule has 0 heterocycles. The first kappa shape index (κ1) is 10.3. The van der Waals surface area contributed by atoms with E-state index in [0.717, 1.165) is 6.26 Å². The lowest BCUT2D eigenvalue weighted by atomic mass is 10.5. The van der Waals surface area contributed by atoms with Gasteiger partial charge in [0.2, 0.25) is 6.08 Å². The largest absolute Gasteiger partial charge is 0.270 e. The predicted octanol–water partition coefficient (Wildman–Crippen LogP) is -0.312. The van der Waals surface area contributed by atoms with Gasteiger partial charge in [-0.25, -0.2) is 9.79 Å². The summed E-state index contributed by atoms with van der Waals surface area (Å²) in [6, 6.07) is 0. The van der Waals surface area contributed by atoms with E-state index >= 15 is 0 Å². The molecule has 0 aliphatic heterocycles. The van der Waals surface area contributed by atoms with E-state index in [-0.39, 0.29) is 13.2 Å². The quantitative estimate of drug-likeness (QED) is 0.251. The van der Waals surface area contributed by atoms with Gasteiger partial charge < -0.3 is 0 Å². The van der Waals surface area contributed by atoms with E-state index in [1.165, 1.54) is 6.08 Å². The van der Waals surface area contributed by atoms with Gasteiger partial charge in [-0.2, -0.15) is 8.42 Å². The van der Waals surface area contributed by atoms with Crippen LogP contribution >= 0.6 is 0 Å². The van der Waals surface area contributed by atoms with E-state index in [1.807, 2.05) is 0 Å². The third kappa shape index (κ3) is 9.29. The molecule has 0 aromatic heterocycles. The third-order valence-corrected chi connectivity index (χ3v) is 1.37. The molecule has 0 rings (SSSR count). The molecular weight excluding hydrogens is 170 g/mol. The zero-order valence-electron chi connectivity index (χ0n) is 6.11. The van der Waals surface area contributed by atoms with Crippen LogP contribution in [0.3, 0.4) is 0 Å². The molecule has 5 nitrogen and oxygen atoms in total. The van der Waals surface area contributed by atoms with Crippen molar-refractivity contribution in [2.24, 2.45) is 4.99 Å². The molecule has 0 spiro atoms. The van der Waals surface area contributed by atoms with Crippen LogP contribution in [0.1, 0.15) is 6.42 Å². The Labute approximate surface area is 65.2 Å². The summed E-state index contributed by atoms with van der Waals surface area (Å²) in [5.74, 6) is 0.